The fourth-order valence-corrected chi connectivity index (χ4v) is 3.66. The molecule has 2 aromatic rings. The van der Waals surface area contributed by atoms with Gasteiger partial charge in [0.1, 0.15) is 5.75 Å². The first-order valence-corrected chi connectivity index (χ1v) is 10.7. The van der Waals surface area contributed by atoms with Crippen LogP contribution in [0.5, 0.6) is 5.75 Å². The number of carbonyl (C=O) groups excluding carboxylic acids is 3. The zero-order valence-corrected chi connectivity index (χ0v) is 18.5. The first-order valence-electron chi connectivity index (χ1n) is 10.7. The molecule has 0 aliphatic carbocycles. The molecule has 7 heteroatoms. The Kier molecular flexibility index (Phi) is 8.02. The van der Waals surface area contributed by atoms with E-state index in [1.165, 1.54) is 4.90 Å². The van der Waals surface area contributed by atoms with Gasteiger partial charge in [0.15, 0.2) is 0 Å². The van der Waals surface area contributed by atoms with E-state index >= 15 is 0 Å². The van der Waals surface area contributed by atoms with Gasteiger partial charge in [-0.1, -0.05) is 30.3 Å². The second kappa shape index (κ2) is 11.1. The lowest BCUT2D eigenvalue weighted by molar-refractivity contribution is -0.140. The van der Waals surface area contributed by atoms with E-state index in [1.807, 2.05) is 30.3 Å². The maximum absolute atomic E-state index is 12.8. The minimum atomic E-state index is -0.260. The lowest BCUT2D eigenvalue weighted by atomic mass is 9.95. The third-order valence-corrected chi connectivity index (χ3v) is 5.50. The number of nitrogens with zero attached hydrogens (tertiary/aromatic N) is 2. The molecular formula is C25H29N3O4. The van der Waals surface area contributed by atoms with E-state index in [0.717, 1.165) is 5.56 Å². The molecule has 0 unspecified atom stereocenters. The summed E-state index contributed by atoms with van der Waals surface area (Å²) in [6, 6.07) is 16.7. The molecule has 0 atom stereocenters. The summed E-state index contributed by atoms with van der Waals surface area (Å²) >= 11 is 0. The molecule has 1 fully saturated rings. The highest BCUT2D eigenvalue weighted by Crippen LogP contribution is 2.20. The summed E-state index contributed by atoms with van der Waals surface area (Å²) in [5, 5.41) is 2.78. The Morgan fingerprint density at radius 1 is 1.06 bits per heavy atom. The number of amides is 3. The van der Waals surface area contributed by atoms with Crippen molar-refractivity contribution in [2.45, 2.75) is 12.8 Å². The van der Waals surface area contributed by atoms with E-state index in [-0.39, 0.29) is 30.2 Å². The van der Waals surface area contributed by atoms with E-state index in [9.17, 15) is 14.4 Å². The van der Waals surface area contributed by atoms with Gasteiger partial charge >= 0.3 is 0 Å². The maximum Gasteiger partial charge on any atom is 0.246 e. The summed E-state index contributed by atoms with van der Waals surface area (Å²) in [5.74, 6) is 0.144. The fraction of sp³-hybridized carbons (Fsp3) is 0.320. The summed E-state index contributed by atoms with van der Waals surface area (Å²) in [6.07, 6.45) is 4.56. The van der Waals surface area contributed by atoms with Crippen LogP contribution >= 0.6 is 0 Å². The van der Waals surface area contributed by atoms with Crippen molar-refractivity contribution in [2.24, 2.45) is 5.92 Å². The van der Waals surface area contributed by atoms with E-state index in [1.54, 1.807) is 55.5 Å². The Bertz CT molecular complexity index is 949. The van der Waals surface area contributed by atoms with Gasteiger partial charge in [0, 0.05) is 37.8 Å². The average Bonchev–Trinajstić information content (AvgIpc) is 2.83. The highest BCUT2D eigenvalue weighted by atomic mass is 16.5. The number of carbonyl (C=O) groups is 3. The van der Waals surface area contributed by atoms with Gasteiger partial charge < -0.3 is 19.9 Å². The Balaban J connectivity index is 1.44. The number of likely N-dealkylation sites (tertiary alicyclic amines) is 1. The van der Waals surface area contributed by atoms with Crippen molar-refractivity contribution >= 4 is 29.5 Å². The second-order valence-corrected chi connectivity index (χ2v) is 7.81. The Morgan fingerprint density at radius 3 is 2.34 bits per heavy atom. The summed E-state index contributed by atoms with van der Waals surface area (Å²) in [5.41, 5.74) is 1.62. The number of nitrogens with one attached hydrogen (secondary N) is 1. The molecule has 168 valence electrons. The van der Waals surface area contributed by atoms with E-state index in [4.69, 9.17) is 4.74 Å². The Morgan fingerprint density at radius 2 is 1.72 bits per heavy atom. The standard InChI is InChI=1S/C25H29N3O4/c1-27(18-23(29)26-21-9-11-22(32-2)12-10-21)25(31)20-14-16-28(17-15-20)24(30)13-8-19-6-4-3-5-7-19/h3-13,20H,14-18H2,1-2H3,(H,26,29)/b13-8+. The van der Waals surface area contributed by atoms with Crippen molar-refractivity contribution in [1.29, 1.82) is 0 Å². The predicted octanol–water partition coefficient (Wildman–Crippen LogP) is 3.04. The largest absolute Gasteiger partial charge is 0.497 e. The third-order valence-electron chi connectivity index (χ3n) is 5.50. The van der Waals surface area contributed by atoms with Gasteiger partial charge in [-0.25, -0.2) is 0 Å². The van der Waals surface area contributed by atoms with Gasteiger partial charge in [0.05, 0.1) is 13.7 Å². The summed E-state index contributed by atoms with van der Waals surface area (Å²) in [7, 11) is 3.21. The molecule has 32 heavy (non-hydrogen) atoms. The lowest BCUT2D eigenvalue weighted by Crippen LogP contribution is -2.44. The molecule has 2 aromatic carbocycles. The quantitative estimate of drug-likeness (QED) is 0.678. The van der Waals surface area contributed by atoms with Gasteiger partial charge in [-0.3, -0.25) is 14.4 Å². The smallest absolute Gasteiger partial charge is 0.246 e. The van der Waals surface area contributed by atoms with Crippen molar-refractivity contribution in [3.05, 3.63) is 66.2 Å². The normalized spacial score (nSPS) is 14.2. The number of hydrogen-bond acceptors (Lipinski definition) is 4. The van der Waals surface area contributed by atoms with Crippen LogP contribution in [0.3, 0.4) is 0 Å². The Hall–Kier alpha value is -3.61. The van der Waals surface area contributed by atoms with Gasteiger partial charge in [0.25, 0.3) is 0 Å². The van der Waals surface area contributed by atoms with E-state index < -0.39 is 0 Å². The van der Waals surface area contributed by atoms with Crippen LogP contribution in [0.4, 0.5) is 5.69 Å². The molecule has 3 amide bonds. The third kappa shape index (κ3) is 6.44. The van der Waals surface area contributed by atoms with Crippen LogP contribution in [-0.2, 0) is 14.4 Å². The molecule has 1 aliphatic rings. The van der Waals surface area contributed by atoms with Gasteiger partial charge in [0.2, 0.25) is 17.7 Å². The molecule has 3 rings (SSSR count). The molecule has 0 radical (unpaired) electrons. The molecule has 0 aromatic heterocycles. The predicted molar refractivity (Wildman–Crippen MR) is 124 cm³/mol. The molecule has 1 saturated heterocycles. The van der Waals surface area contributed by atoms with Crippen LogP contribution in [-0.4, -0.2) is 61.3 Å². The Labute approximate surface area is 188 Å². The highest BCUT2D eigenvalue weighted by molar-refractivity contribution is 5.95. The molecule has 0 spiro atoms. The zero-order valence-electron chi connectivity index (χ0n) is 18.5. The minimum absolute atomic E-state index is 0.0240. The number of hydrogen-bond donors (Lipinski definition) is 1. The SMILES string of the molecule is COc1ccc(NC(=O)CN(C)C(=O)C2CCN(C(=O)/C=C/c3ccccc3)CC2)cc1. The van der Waals surface area contributed by atoms with Crippen LogP contribution in [0, 0.1) is 5.92 Å². The topological polar surface area (TPSA) is 79.0 Å². The van der Waals surface area contributed by atoms with Gasteiger partial charge in [-0.2, -0.15) is 0 Å². The lowest BCUT2D eigenvalue weighted by Gasteiger charge is -2.32. The second-order valence-electron chi connectivity index (χ2n) is 7.81. The number of rotatable bonds is 7. The van der Waals surface area contributed by atoms with Crippen LogP contribution in [0.2, 0.25) is 0 Å². The highest BCUT2D eigenvalue weighted by Gasteiger charge is 2.29. The molecule has 0 bridgehead atoms. The average molecular weight is 436 g/mol. The summed E-state index contributed by atoms with van der Waals surface area (Å²) in [6.45, 7) is 1.03. The summed E-state index contributed by atoms with van der Waals surface area (Å²) in [4.78, 5) is 40.7. The monoisotopic (exact) mass is 435 g/mol. The maximum atomic E-state index is 12.8. The van der Waals surface area contributed by atoms with Crippen LogP contribution < -0.4 is 10.1 Å². The number of piperidine rings is 1. The minimum Gasteiger partial charge on any atom is -0.497 e. The van der Waals surface area contributed by atoms with Crippen molar-refractivity contribution in [3.63, 3.8) is 0 Å². The van der Waals surface area contributed by atoms with Crippen molar-refractivity contribution in [3.8, 4) is 5.75 Å². The van der Waals surface area contributed by atoms with Crippen LogP contribution in [0.15, 0.2) is 60.7 Å². The first-order chi connectivity index (χ1) is 15.5. The van der Waals surface area contributed by atoms with Gasteiger partial charge in [-0.15, -0.1) is 0 Å². The molecule has 1 aliphatic heterocycles. The molecular weight excluding hydrogens is 406 g/mol. The summed E-state index contributed by atoms with van der Waals surface area (Å²) < 4.78 is 5.10. The molecule has 7 nitrogen and oxygen atoms in total. The molecule has 1 N–H and O–H groups in total. The number of anilines is 1. The zero-order chi connectivity index (χ0) is 22.9. The van der Waals surface area contributed by atoms with Crippen LogP contribution in [0.1, 0.15) is 18.4 Å². The fourth-order valence-electron chi connectivity index (χ4n) is 3.66. The molecule has 1 heterocycles. The van der Waals surface area contributed by atoms with Crippen molar-refractivity contribution < 1.29 is 19.1 Å². The van der Waals surface area contributed by atoms with Crippen molar-refractivity contribution in [1.82, 2.24) is 9.80 Å². The first kappa shape index (κ1) is 23.1. The van der Waals surface area contributed by atoms with Crippen molar-refractivity contribution in [2.75, 3.05) is 39.1 Å². The van der Waals surface area contributed by atoms with Crippen LogP contribution in [0.25, 0.3) is 6.08 Å². The number of methoxy groups -OCH3 is 1. The number of ether oxygens (including phenoxy) is 1. The van der Waals surface area contributed by atoms with E-state index in [0.29, 0.717) is 37.4 Å². The number of likely N-dealkylation sites (N-methyl/N-ethyl adjacent to an activating group) is 1. The van der Waals surface area contributed by atoms with Gasteiger partial charge in [-0.05, 0) is 48.7 Å². The van der Waals surface area contributed by atoms with E-state index in [2.05, 4.69) is 5.32 Å². The number of benzene rings is 2. The molecule has 0 saturated carbocycles.